The maximum atomic E-state index is 12.6. The Morgan fingerprint density at radius 1 is 1.38 bits per heavy atom. The van der Waals surface area contributed by atoms with Crippen LogP contribution in [0.5, 0.6) is 0 Å². The van der Waals surface area contributed by atoms with E-state index >= 15 is 0 Å². The fourth-order valence-corrected chi connectivity index (χ4v) is 3.48. The fraction of sp³-hybridized carbons (Fsp3) is 0.214. The minimum absolute atomic E-state index is 0.142. The standard InChI is InChI=1S/C14H10ClF3N4S2/c1-22(2)4-3-11-9(6-19)12(21-24-11)23-13-10(15)5-8(7-20-13)14(16,17)18/h3-5,7H,1-2H3. The van der Waals surface area contributed by atoms with Crippen molar-refractivity contribution < 1.29 is 13.2 Å². The van der Waals surface area contributed by atoms with Gasteiger partial charge in [0.1, 0.15) is 21.7 Å². The van der Waals surface area contributed by atoms with Crippen LogP contribution in [0, 0.1) is 11.3 Å². The summed E-state index contributed by atoms with van der Waals surface area (Å²) in [6, 6.07) is 2.86. The smallest absolute Gasteiger partial charge is 0.383 e. The van der Waals surface area contributed by atoms with Crippen molar-refractivity contribution in [2.24, 2.45) is 0 Å². The third kappa shape index (κ3) is 4.41. The van der Waals surface area contributed by atoms with E-state index in [2.05, 4.69) is 9.36 Å². The van der Waals surface area contributed by atoms with Crippen LogP contribution in [-0.4, -0.2) is 28.4 Å². The highest BCUT2D eigenvalue weighted by Gasteiger charge is 2.31. The highest BCUT2D eigenvalue weighted by molar-refractivity contribution is 7.99. The quantitative estimate of drug-likeness (QED) is 0.753. The molecule has 0 saturated heterocycles. The number of hydrogen-bond acceptors (Lipinski definition) is 6. The summed E-state index contributed by atoms with van der Waals surface area (Å²) in [6.45, 7) is 0. The molecule has 0 aliphatic rings. The summed E-state index contributed by atoms with van der Waals surface area (Å²) in [6.07, 6.45) is -0.296. The summed E-state index contributed by atoms with van der Waals surface area (Å²) in [5, 5.41) is 9.68. The van der Waals surface area contributed by atoms with Crippen molar-refractivity contribution in [3.63, 3.8) is 0 Å². The second-order valence-electron chi connectivity index (χ2n) is 4.73. The Morgan fingerprint density at radius 2 is 2.08 bits per heavy atom. The van der Waals surface area contributed by atoms with Gasteiger partial charge in [-0.1, -0.05) is 11.6 Å². The number of nitriles is 1. The maximum absolute atomic E-state index is 12.6. The second kappa shape index (κ2) is 7.42. The predicted octanol–water partition coefficient (Wildman–Crippen LogP) is 4.77. The van der Waals surface area contributed by atoms with E-state index < -0.39 is 11.7 Å². The van der Waals surface area contributed by atoms with E-state index in [1.807, 2.05) is 25.1 Å². The van der Waals surface area contributed by atoms with Crippen LogP contribution in [0.1, 0.15) is 16.0 Å². The summed E-state index contributed by atoms with van der Waals surface area (Å²) in [4.78, 5) is 6.20. The second-order valence-corrected chi connectivity index (χ2v) is 6.92. The fourth-order valence-electron chi connectivity index (χ4n) is 1.54. The molecule has 126 valence electrons. The molecule has 0 aliphatic carbocycles. The van der Waals surface area contributed by atoms with Gasteiger partial charge in [0, 0.05) is 26.5 Å². The topological polar surface area (TPSA) is 52.8 Å². The Kier molecular flexibility index (Phi) is 5.74. The molecule has 2 heterocycles. The number of halogens is 4. The van der Waals surface area contributed by atoms with Crippen molar-refractivity contribution in [1.82, 2.24) is 14.3 Å². The zero-order valence-electron chi connectivity index (χ0n) is 12.4. The number of rotatable bonds is 4. The molecule has 0 fully saturated rings. The van der Waals surface area contributed by atoms with Gasteiger partial charge in [0.05, 0.1) is 15.5 Å². The molecule has 2 rings (SSSR count). The molecule has 4 nitrogen and oxygen atoms in total. The SMILES string of the molecule is CN(C)C=Cc1snc(Sc2ncc(C(F)(F)F)cc2Cl)c1C#N. The van der Waals surface area contributed by atoms with E-state index in [9.17, 15) is 18.4 Å². The van der Waals surface area contributed by atoms with Crippen molar-refractivity contribution in [3.8, 4) is 6.07 Å². The molecular weight excluding hydrogens is 381 g/mol. The van der Waals surface area contributed by atoms with Crippen molar-refractivity contribution in [2.75, 3.05) is 14.1 Å². The number of nitrogens with zero attached hydrogens (tertiary/aromatic N) is 4. The van der Waals surface area contributed by atoms with E-state index in [-0.39, 0.29) is 10.0 Å². The summed E-state index contributed by atoms with van der Waals surface area (Å²) in [5.74, 6) is 0. The molecule has 0 aromatic carbocycles. The van der Waals surface area contributed by atoms with E-state index in [4.69, 9.17) is 11.6 Å². The third-order valence-corrected chi connectivity index (χ3v) is 4.99. The molecule has 0 bridgehead atoms. The minimum Gasteiger partial charge on any atom is -0.383 e. The first kappa shape index (κ1) is 18.6. The maximum Gasteiger partial charge on any atom is 0.417 e. The molecule has 0 aliphatic heterocycles. The summed E-state index contributed by atoms with van der Waals surface area (Å²) in [5.41, 5.74) is -0.592. The highest BCUT2D eigenvalue weighted by atomic mass is 35.5. The first-order chi connectivity index (χ1) is 11.2. The number of hydrogen-bond donors (Lipinski definition) is 0. The minimum atomic E-state index is -4.51. The van der Waals surface area contributed by atoms with E-state index in [1.165, 1.54) is 0 Å². The number of pyridine rings is 1. The van der Waals surface area contributed by atoms with Crippen molar-refractivity contribution in [2.45, 2.75) is 16.2 Å². The van der Waals surface area contributed by atoms with Crippen LogP contribution in [0.2, 0.25) is 5.02 Å². The van der Waals surface area contributed by atoms with Gasteiger partial charge < -0.3 is 4.90 Å². The van der Waals surface area contributed by atoms with Crippen LogP contribution in [-0.2, 0) is 6.18 Å². The first-order valence-electron chi connectivity index (χ1n) is 6.37. The zero-order chi connectivity index (χ0) is 17.9. The van der Waals surface area contributed by atoms with Crippen LogP contribution in [0.3, 0.4) is 0 Å². The van der Waals surface area contributed by atoms with Crippen molar-refractivity contribution >= 4 is 41.0 Å². The van der Waals surface area contributed by atoms with Crippen molar-refractivity contribution in [3.05, 3.63) is 39.5 Å². The molecular formula is C14H10ClF3N4S2. The first-order valence-corrected chi connectivity index (χ1v) is 8.34. The molecule has 24 heavy (non-hydrogen) atoms. The van der Waals surface area contributed by atoms with Gasteiger partial charge in [-0.3, -0.25) is 0 Å². The molecule has 0 atom stereocenters. The van der Waals surface area contributed by atoms with Gasteiger partial charge in [-0.05, 0) is 35.4 Å². The van der Waals surface area contributed by atoms with Gasteiger partial charge >= 0.3 is 6.18 Å². The van der Waals surface area contributed by atoms with Gasteiger partial charge in [-0.25, -0.2) is 4.98 Å². The highest BCUT2D eigenvalue weighted by Crippen LogP contribution is 2.38. The van der Waals surface area contributed by atoms with Crippen LogP contribution >= 0.6 is 34.9 Å². The van der Waals surface area contributed by atoms with Gasteiger partial charge in [-0.2, -0.15) is 22.8 Å². The Labute approximate surface area is 149 Å². The van der Waals surface area contributed by atoms with Crippen LogP contribution in [0.15, 0.2) is 28.5 Å². The van der Waals surface area contributed by atoms with E-state index in [0.29, 0.717) is 21.7 Å². The van der Waals surface area contributed by atoms with Gasteiger partial charge in [0.25, 0.3) is 0 Å². The molecule has 10 heteroatoms. The summed E-state index contributed by atoms with van der Waals surface area (Å²) < 4.78 is 42.0. The molecule has 0 spiro atoms. The third-order valence-electron chi connectivity index (χ3n) is 2.65. The average Bonchev–Trinajstić information content (AvgIpc) is 2.87. The lowest BCUT2D eigenvalue weighted by Gasteiger charge is -2.08. The Balaban J connectivity index is 2.31. The van der Waals surface area contributed by atoms with Crippen LogP contribution in [0.25, 0.3) is 6.08 Å². The Morgan fingerprint density at radius 3 is 2.62 bits per heavy atom. The van der Waals surface area contributed by atoms with Gasteiger partial charge in [-0.15, -0.1) is 0 Å². The normalized spacial score (nSPS) is 11.7. The zero-order valence-corrected chi connectivity index (χ0v) is 14.8. The molecule has 0 amide bonds. The lowest BCUT2D eigenvalue weighted by atomic mass is 10.3. The Hall–Kier alpha value is -1.76. The number of aromatic nitrogens is 2. The van der Waals surface area contributed by atoms with Crippen molar-refractivity contribution in [1.29, 1.82) is 5.26 Å². The van der Waals surface area contributed by atoms with Gasteiger partial charge in [0.2, 0.25) is 0 Å². The van der Waals surface area contributed by atoms with Crippen LogP contribution in [0.4, 0.5) is 13.2 Å². The molecule has 0 saturated carbocycles. The molecule has 0 N–H and O–H groups in total. The Bertz CT molecular complexity index is 809. The summed E-state index contributed by atoms with van der Waals surface area (Å²) in [7, 11) is 3.68. The average molecular weight is 391 g/mol. The number of alkyl halides is 3. The van der Waals surface area contributed by atoms with E-state index in [1.54, 1.807) is 12.3 Å². The molecule has 2 aromatic rings. The lowest BCUT2D eigenvalue weighted by Crippen LogP contribution is -2.05. The predicted molar refractivity (Wildman–Crippen MR) is 87.9 cm³/mol. The lowest BCUT2D eigenvalue weighted by molar-refractivity contribution is -0.137. The van der Waals surface area contributed by atoms with Crippen LogP contribution < -0.4 is 0 Å². The molecule has 0 radical (unpaired) electrons. The largest absolute Gasteiger partial charge is 0.417 e. The summed E-state index contributed by atoms with van der Waals surface area (Å²) >= 11 is 7.96. The molecule has 0 unspecified atom stereocenters. The van der Waals surface area contributed by atoms with Gasteiger partial charge in [0.15, 0.2) is 0 Å². The van der Waals surface area contributed by atoms with E-state index in [0.717, 1.165) is 29.4 Å². The monoisotopic (exact) mass is 390 g/mol. The molecule has 2 aromatic heterocycles.